The van der Waals surface area contributed by atoms with Gasteiger partial charge in [0.2, 0.25) is 0 Å². The Morgan fingerprint density at radius 1 is 1.05 bits per heavy atom. The van der Waals surface area contributed by atoms with Gasteiger partial charge < -0.3 is 10.4 Å². The minimum absolute atomic E-state index is 0.0363. The van der Waals surface area contributed by atoms with Crippen molar-refractivity contribution in [2.45, 2.75) is 26.4 Å². The zero-order valence-electron chi connectivity index (χ0n) is 11.0. The SMILES string of the molecule is CCc1ccccc1CNCc1cc(O)cc(F)c1. The van der Waals surface area contributed by atoms with E-state index in [9.17, 15) is 9.50 Å². The number of nitrogens with one attached hydrogen (secondary N) is 1. The first-order valence-corrected chi connectivity index (χ1v) is 6.45. The van der Waals surface area contributed by atoms with Crippen LogP contribution in [0.25, 0.3) is 0 Å². The third kappa shape index (κ3) is 3.80. The van der Waals surface area contributed by atoms with Gasteiger partial charge >= 0.3 is 0 Å². The summed E-state index contributed by atoms with van der Waals surface area (Å²) in [4.78, 5) is 0. The number of aromatic hydroxyl groups is 1. The summed E-state index contributed by atoms with van der Waals surface area (Å²) in [7, 11) is 0. The lowest BCUT2D eigenvalue weighted by atomic mass is 10.1. The van der Waals surface area contributed by atoms with E-state index in [1.807, 2.05) is 12.1 Å². The van der Waals surface area contributed by atoms with Crippen LogP contribution in [0, 0.1) is 5.82 Å². The van der Waals surface area contributed by atoms with E-state index in [2.05, 4.69) is 24.4 Å². The van der Waals surface area contributed by atoms with Gasteiger partial charge in [-0.25, -0.2) is 4.39 Å². The molecule has 0 aliphatic carbocycles. The number of rotatable bonds is 5. The largest absolute Gasteiger partial charge is 0.508 e. The third-order valence-electron chi connectivity index (χ3n) is 3.09. The van der Waals surface area contributed by atoms with Gasteiger partial charge in [-0.05, 0) is 35.2 Å². The van der Waals surface area contributed by atoms with E-state index in [4.69, 9.17) is 0 Å². The Morgan fingerprint density at radius 3 is 2.47 bits per heavy atom. The van der Waals surface area contributed by atoms with Crippen LogP contribution in [0.4, 0.5) is 4.39 Å². The first kappa shape index (κ1) is 13.6. The van der Waals surface area contributed by atoms with Gasteiger partial charge in [0.15, 0.2) is 0 Å². The van der Waals surface area contributed by atoms with Crippen molar-refractivity contribution in [2.24, 2.45) is 0 Å². The summed E-state index contributed by atoms with van der Waals surface area (Å²) in [5.74, 6) is -0.448. The molecular weight excluding hydrogens is 241 g/mol. The van der Waals surface area contributed by atoms with Crippen LogP contribution in [0.15, 0.2) is 42.5 Å². The lowest BCUT2D eigenvalue weighted by Crippen LogP contribution is -2.14. The molecule has 100 valence electrons. The zero-order valence-corrected chi connectivity index (χ0v) is 11.0. The molecule has 0 saturated carbocycles. The quantitative estimate of drug-likeness (QED) is 0.862. The Hall–Kier alpha value is -1.87. The molecule has 0 fully saturated rings. The summed E-state index contributed by atoms with van der Waals surface area (Å²) < 4.78 is 13.1. The number of phenolic OH excluding ortho intramolecular Hbond substituents is 1. The number of hydrogen-bond acceptors (Lipinski definition) is 2. The Balaban J connectivity index is 1.96. The molecule has 0 spiro atoms. The monoisotopic (exact) mass is 259 g/mol. The molecular formula is C16H18FNO. The van der Waals surface area contributed by atoms with Crippen LogP contribution in [-0.2, 0) is 19.5 Å². The summed E-state index contributed by atoms with van der Waals surface area (Å²) in [5.41, 5.74) is 3.31. The predicted octanol–water partition coefficient (Wildman–Crippen LogP) is 3.38. The second kappa shape index (κ2) is 6.34. The van der Waals surface area contributed by atoms with Gasteiger partial charge in [-0.3, -0.25) is 0 Å². The van der Waals surface area contributed by atoms with Gasteiger partial charge in [-0.15, -0.1) is 0 Å². The minimum atomic E-state index is -0.411. The summed E-state index contributed by atoms with van der Waals surface area (Å²) in [5, 5.41) is 12.6. The van der Waals surface area contributed by atoms with E-state index < -0.39 is 5.82 Å². The maximum atomic E-state index is 13.1. The molecule has 0 aromatic heterocycles. The molecule has 0 unspecified atom stereocenters. The van der Waals surface area contributed by atoms with Gasteiger partial charge in [-0.2, -0.15) is 0 Å². The fourth-order valence-corrected chi connectivity index (χ4v) is 2.15. The second-order valence-electron chi connectivity index (χ2n) is 4.54. The molecule has 0 amide bonds. The third-order valence-corrected chi connectivity index (χ3v) is 3.09. The summed E-state index contributed by atoms with van der Waals surface area (Å²) >= 11 is 0. The first-order valence-electron chi connectivity index (χ1n) is 6.45. The van der Waals surface area contributed by atoms with Crippen molar-refractivity contribution in [3.8, 4) is 5.75 Å². The lowest BCUT2D eigenvalue weighted by molar-refractivity contribution is 0.467. The summed E-state index contributed by atoms with van der Waals surface area (Å²) in [6.45, 7) is 3.40. The average molecular weight is 259 g/mol. The summed E-state index contributed by atoms with van der Waals surface area (Å²) in [6.07, 6.45) is 0.999. The lowest BCUT2D eigenvalue weighted by Gasteiger charge is -2.09. The Morgan fingerprint density at radius 2 is 1.79 bits per heavy atom. The van der Waals surface area contributed by atoms with Gasteiger partial charge in [0, 0.05) is 19.2 Å². The maximum Gasteiger partial charge on any atom is 0.127 e. The molecule has 2 N–H and O–H groups in total. The molecule has 2 rings (SSSR count). The highest BCUT2D eigenvalue weighted by Gasteiger charge is 2.02. The summed E-state index contributed by atoms with van der Waals surface area (Å²) in [6, 6.07) is 12.4. The first-order chi connectivity index (χ1) is 9.19. The predicted molar refractivity (Wildman–Crippen MR) is 74.4 cm³/mol. The van der Waals surface area contributed by atoms with E-state index in [0.717, 1.165) is 24.6 Å². The van der Waals surface area contributed by atoms with E-state index >= 15 is 0 Å². The molecule has 3 heteroatoms. The Bertz CT molecular complexity index is 534. The van der Waals surface area contributed by atoms with Crippen LogP contribution >= 0.6 is 0 Å². The molecule has 0 radical (unpaired) electrons. The highest BCUT2D eigenvalue weighted by Crippen LogP contribution is 2.15. The smallest absolute Gasteiger partial charge is 0.127 e. The van der Waals surface area contributed by atoms with Crippen molar-refractivity contribution in [3.63, 3.8) is 0 Å². The van der Waals surface area contributed by atoms with E-state index in [0.29, 0.717) is 6.54 Å². The number of hydrogen-bond donors (Lipinski definition) is 2. The van der Waals surface area contributed by atoms with Crippen LogP contribution in [0.5, 0.6) is 5.75 Å². The van der Waals surface area contributed by atoms with Crippen molar-refractivity contribution in [1.82, 2.24) is 5.32 Å². The van der Waals surface area contributed by atoms with Crippen LogP contribution in [0.2, 0.25) is 0 Å². The fraction of sp³-hybridized carbons (Fsp3) is 0.250. The minimum Gasteiger partial charge on any atom is -0.508 e. The van der Waals surface area contributed by atoms with Gasteiger partial charge in [0.25, 0.3) is 0 Å². The number of halogens is 1. The molecule has 0 aliphatic rings. The van der Waals surface area contributed by atoms with Gasteiger partial charge in [0.1, 0.15) is 11.6 Å². The standard InChI is InChI=1S/C16H18FNO/c1-2-13-5-3-4-6-14(13)11-18-10-12-7-15(17)9-16(19)8-12/h3-9,18-19H,2,10-11H2,1H3. The van der Waals surface area contributed by atoms with Crippen LogP contribution in [0.1, 0.15) is 23.6 Å². The highest BCUT2D eigenvalue weighted by atomic mass is 19.1. The van der Waals surface area contributed by atoms with Gasteiger partial charge in [0.05, 0.1) is 0 Å². The van der Waals surface area contributed by atoms with Gasteiger partial charge in [-0.1, -0.05) is 31.2 Å². The number of aryl methyl sites for hydroxylation is 1. The molecule has 2 aromatic carbocycles. The molecule has 0 heterocycles. The molecule has 0 saturated heterocycles. The van der Waals surface area contributed by atoms with Crippen LogP contribution < -0.4 is 5.32 Å². The van der Waals surface area contributed by atoms with Crippen LogP contribution in [-0.4, -0.2) is 5.11 Å². The Labute approximate surface area is 112 Å². The molecule has 0 aliphatic heterocycles. The zero-order chi connectivity index (χ0) is 13.7. The molecule has 2 nitrogen and oxygen atoms in total. The Kier molecular flexibility index (Phi) is 4.53. The number of phenols is 1. The molecule has 0 atom stereocenters. The van der Waals surface area contributed by atoms with Crippen molar-refractivity contribution < 1.29 is 9.50 Å². The van der Waals surface area contributed by atoms with E-state index in [-0.39, 0.29) is 5.75 Å². The molecule has 0 bridgehead atoms. The van der Waals surface area contributed by atoms with Crippen molar-refractivity contribution >= 4 is 0 Å². The second-order valence-corrected chi connectivity index (χ2v) is 4.54. The highest BCUT2D eigenvalue weighted by molar-refractivity contribution is 5.29. The topological polar surface area (TPSA) is 32.3 Å². The molecule has 19 heavy (non-hydrogen) atoms. The maximum absolute atomic E-state index is 13.1. The van der Waals surface area contributed by atoms with Crippen molar-refractivity contribution in [3.05, 3.63) is 65.0 Å². The van der Waals surface area contributed by atoms with Crippen LogP contribution in [0.3, 0.4) is 0 Å². The van der Waals surface area contributed by atoms with E-state index in [1.165, 1.54) is 17.2 Å². The fourth-order valence-electron chi connectivity index (χ4n) is 2.15. The van der Waals surface area contributed by atoms with Crippen molar-refractivity contribution in [2.75, 3.05) is 0 Å². The normalized spacial score (nSPS) is 10.6. The van der Waals surface area contributed by atoms with Crippen molar-refractivity contribution in [1.29, 1.82) is 0 Å². The average Bonchev–Trinajstić information content (AvgIpc) is 2.38. The molecule has 2 aromatic rings. The van der Waals surface area contributed by atoms with E-state index in [1.54, 1.807) is 6.07 Å². The number of benzene rings is 2.